The summed E-state index contributed by atoms with van der Waals surface area (Å²) in [4.78, 5) is 13.0. The van der Waals surface area contributed by atoms with E-state index in [0.717, 1.165) is 6.07 Å². The zero-order chi connectivity index (χ0) is 13.3. The number of aromatic nitrogens is 4. The van der Waals surface area contributed by atoms with Crippen LogP contribution in [0.5, 0.6) is 0 Å². The van der Waals surface area contributed by atoms with Gasteiger partial charge in [-0.2, -0.15) is 4.80 Å². The zero-order valence-corrected chi connectivity index (χ0v) is 10.8. The molecule has 2 rings (SSSR count). The molecule has 0 saturated heterocycles. The Bertz CT molecular complexity index is 613. The number of benzene rings is 1. The van der Waals surface area contributed by atoms with Gasteiger partial charge in [0.1, 0.15) is 5.82 Å². The van der Waals surface area contributed by atoms with Crippen LogP contribution < -0.4 is 11.1 Å². The van der Waals surface area contributed by atoms with Crippen LogP contribution in [0, 0.1) is 5.82 Å². The number of anilines is 2. The Hall–Kier alpha value is -2.03. The van der Waals surface area contributed by atoms with Crippen molar-refractivity contribution in [1.82, 2.24) is 20.2 Å². The molecule has 1 amide bonds. The van der Waals surface area contributed by atoms with E-state index >= 15 is 0 Å². The van der Waals surface area contributed by atoms with Gasteiger partial charge in [-0.1, -0.05) is 5.10 Å². The summed E-state index contributed by atoms with van der Waals surface area (Å²) in [6.45, 7) is 0. The maximum atomic E-state index is 13.3. The Balaban J connectivity index is 2.26. The molecule has 1 aromatic carbocycles. The molecule has 0 aliphatic heterocycles. The predicted octanol–water partition coefficient (Wildman–Crippen LogP) is 0.946. The van der Waals surface area contributed by atoms with E-state index in [0.29, 0.717) is 0 Å². The monoisotopic (exact) mass is 314 g/mol. The Kier molecular flexibility index (Phi) is 3.24. The molecule has 0 fully saturated rings. The standard InChI is InChI=1S/C9H8BrFN6O/c1-17-15-9(14-16-17)13-8(18)4-2-6(11)5(10)3-7(4)12/h2-3H,12H2,1H3,(H,13,15,18). The van der Waals surface area contributed by atoms with E-state index in [1.165, 1.54) is 10.9 Å². The van der Waals surface area contributed by atoms with Crippen LogP contribution in [0.1, 0.15) is 10.4 Å². The number of halogens is 2. The van der Waals surface area contributed by atoms with Crippen molar-refractivity contribution in [3.63, 3.8) is 0 Å². The van der Waals surface area contributed by atoms with Gasteiger partial charge in [-0.3, -0.25) is 10.1 Å². The first-order valence-electron chi connectivity index (χ1n) is 4.77. The van der Waals surface area contributed by atoms with E-state index in [1.807, 2.05) is 0 Å². The molecule has 9 heteroatoms. The lowest BCUT2D eigenvalue weighted by Gasteiger charge is -2.05. The van der Waals surface area contributed by atoms with Crippen molar-refractivity contribution in [1.29, 1.82) is 0 Å². The lowest BCUT2D eigenvalue weighted by molar-refractivity contribution is 0.102. The van der Waals surface area contributed by atoms with E-state index < -0.39 is 11.7 Å². The molecule has 1 aromatic heterocycles. The number of aryl methyl sites for hydroxylation is 1. The van der Waals surface area contributed by atoms with E-state index in [-0.39, 0.29) is 21.7 Å². The first kappa shape index (κ1) is 12.4. The number of hydrogen-bond acceptors (Lipinski definition) is 5. The van der Waals surface area contributed by atoms with Crippen LogP contribution in [0.15, 0.2) is 16.6 Å². The Morgan fingerprint density at radius 3 is 2.89 bits per heavy atom. The fourth-order valence-corrected chi connectivity index (χ4v) is 1.62. The summed E-state index contributed by atoms with van der Waals surface area (Å²) >= 11 is 2.97. The highest BCUT2D eigenvalue weighted by molar-refractivity contribution is 9.10. The predicted molar refractivity (Wildman–Crippen MR) is 65.3 cm³/mol. The van der Waals surface area contributed by atoms with Crippen LogP contribution >= 0.6 is 15.9 Å². The topological polar surface area (TPSA) is 98.7 Å². The molecular weight excluding hydrogens is 307 g/mol. The Labute approximate surface area is 109 Å². The molecule has 0 atom stereocenters. The van der Waals surface area contributed by atoms with Gasteiger partial charge in [0.05, 0.1) is 17.1 Å². The molecule has 94 valence electrons. The molecule has 0 aliphatic carbocycles. The second-order valence-corrected chi connectivity index (χ2v) is 4.26. The van der Waals surface area contributed by atoms with E-state index in [9.17, 15) is 9.18 Å². The maximum absolute atomic E-state index is 13.3. The van der Waals surface area contributed by atoms with E-state index in [4.69, 9.17) is 5.73 Å². The molecule has 0 unspecified atom stereocenters. The number of nitrogens with zero attached hydrogens (tertiary/aromatic N) is 4. The molecule has 0 spiro atoms. The maximum Gasteiger partial charge on any atom is 0.270 e. The van der Waals surface area contributed by atoms with Crippen LogP contribution in [-0.4, -0.2) is 26.1 Å². The minimum absolute atomic E-state index is 0.00292. The summed E-state index contributed by atoms with van der Waals surface area (Å²) < 4.78 is 13.5. The summed E-state index contributed by atoms with van der Waals surface area (Å²) in [6, 6.07) is 2.35. The van der Waals surface area contributed by atoms with Crippen molar-refractivity contribution < 1.29 is 9.18 Å². The van der Waals surface area contributed by atoms with Gasteiger partial charge >= 0.3 is 0 Å². The quantitative estimate of drug-likeness (QED) is 0.804. The summed E-state index contributed by atoms with van der Waals surface area (Å²) in [5.41, 5.74) is 5.78. The number of amides is 1. The molecule has 3 N–H and O–H groups in total. The number of carbonyl (C=O) groups is 1. The lowest BCUT2D eigenvalue weighted by Crippen LogP contribution is -2.15. The highest BCUT2D eigenvalue weighted by Crippen LogP contribution is 2.23. The molecule has 7 nitrogen and oxygen atoms in total. The molecule has 1 heterocycles. The average molecular weight is 315 g/mol. The minimum atomic E-state index is -0.605. The molecular formula is C9H8BrFN6O. The first-order chi connectivity index (χ1) is 8.47. The fourth-order valence-electron chi connectivity index (χ4n) is 1.26. The molecule has 0 aliphatic rings. The SMILES string of the molecule is Cn1nnc(NC(=O)c2cc(F)c(Br)cc2N)n1. The van der Waals surface area contributed by atoms with Crippen LogP contribution in [0.4, 0.5) is 16.0 Å². The third-order valence-electron chi connectivity index (χ3n) is 2.07. The average Bonchev–Trinajstić information content (AvgIpc) is 2.69. The number of hydrogen-bond donors (Lipinski definition) is 2. The van der Waals surface area contributed by atoms with Crippen LogP contribution in [0.2, 0.25) is 0 Å². The van der Waals surface area contributed by atoms with Crippen LogP contribution in [0.3, 0.4) is 0 Å². The number of rotatable bonds is 2. The van der Waals surface area contributed by atoms with Gasteiger partial charge in [-0.15, -0.1) is 5.10 Å². The van der Waals surface area contributed by atoms with Gasteiger partial charge in [0.15, 0.2) is 0 Å². The Morgan fingerprint density at radius 1 is 1.56 bits per heavy atom. The summed E-state index contributed by atoms with van der Waals surface area (Å²) in [5, 5.41) is 13.2. The van der Waals surface area contributed by atoms with Gasteiger partial charge in [-0.25, -0.2) is 4.39 Å². The van der Waals surface area contributed by atoms with Crippen molar-refractivity contribution in [3.05, 3.63) is 28.0 Å². The van der Waals surface area contributed by atoms with Crippen LogP contribution in [-0.2, 0) is 7.05 Å². The summed E-state index contributed by atoms with van der Waals surface area (Å²) in [6.07, 6.45) is 0. The van der Waals surface area contributed by atoms with Crippen LogP contribution in [0.25, 0.3) is 0 Å². The zero-order valence-electron chi connectivity index (χ0n) is 9.19. The number of nitrogens with one attached hydrogen (secondary N) is 1. The molecule has 0 bridgehead atoms. The van der Waals surface area contributed by atoms with Crippen molar-refractivity contribution in [2.75, 3.05) is 11.1 Å². The summed E-state index contributed by atoms with van der Waals surface area (Å²) in [7, 11) is 1.55. The Morgan fingerprint density at radius 2 is 2.28 bits per heavy atom. The minimum Gasteiger partial charge on any atom is -0.398 e. The second-order valence-electron chi connectivity index (χ2n) is 3.41. The van der Waals surface area contributed by atoms with Gasteiger partial charge in [0, 0.05) is 5.69 Å². The van der Waals surface area contributed by atoms with Gasteiger partial charge in [-0.05, 0) is 33.3 Å². The van der Waals surface area contributed by atoms with Gasteiger partial charge in [0.25, 0.3) is 11.9 Å². The van der Waals surface area contributed by atoms with E-state index in [1.54, 1.807) is 7.05 Å². The van der Waals surface area contributed by atoms with Crippen molar-refractivity contribution in [2.24, 2.45) is 7.05 Å². The molecule has 0 radical (unpaired) electrons. The smallest absolute Gasteiger partial charge is 0.270 e. The van der Waals surface area contributed by atoms with Crippen molar-refractivity contribution in [2.45, 2.75) is 0 Å². The number of carbonyl (C=O) groups excluding carboxylic acids is 1. The highest BCUT2D eigenvalue weighted by atomic mass is 79.9. The normalized spacial score (nSPS) is 10.4. The highest BCUT2D eigenvalue weighted by Gasteiger charge is 2.15. The first-order valence-corrected chi connectivity index (χ1v) is 5.56. The number of nitrogens with two attached hydrogens (primary N) is 1. The summed E-state index contributed by atoms with van der Waals surface area (Å²) in [5.74, 6) is -1.17. The van der Waals surface area contributed by atoms with Crippen molar-refractivity contribution >= 4 is 33.5 Å². The van der Waals surface area contributed by atoms with Gasteiger partial charge in [0.2, 0.25) is 0 Å². The number of tetrazole rings is 1. The van der Waals surface area contributed by atoms with Gasteiger partial charge < -0.3 is 5.73 Å². The third-order valence-corrected chi connectivity index (χ3v) is 2.68. The fraction of sp³-hybridized carbons (Fsp3) is 0.111. The second kappa shape index (κ2) is 4.69. The molecule has 0 saturated carbocycles. The van der Waals surface area contributed by atoms with E-state index in [2.05, 4.69) is 36.7 Å². The largest absolute Gasteiger partial charge is 0.398 e. The molecule has 18 heavy (non-hydrogen) atoms. The van der Waals surface area contributed by atoms with Crippen molar-refractivity contribution in [3.8, 4) is 0 Å². The third kappa shape index (κ3) is 2.45. The number of nitrogen functional groups attached to an aromatic ring is 1. The lowest BCUT2D eigenvalue weighted by atomic mass is 10.1. The molecule has 2 aromatic rings.